The summed E-state index contributed by atoms with van der Waals surface area (Å²) in [5.41, 5.74) is -1.05. The molecule has 4 N–H and O–H groups in total. The van der Waals surface area contributed by atoms with Crippen LogP contribution in [0.5, 0.6) is 0 Å². The van der Waals surface area contributed by atoms with Gasteiger partial charge in [-0.2, -0.15) is 0 Å². The van der Waals surface area contributed by atoms with E-state index in [0.717, 1.165) is 6.42 Å². The van der Waals surface area contributed by atoms with E-state index < -0.39 is 5.41 Å². The monoisotopic (exact) mass is 314 g/mol. The van der Waals surface area contributed by atoms with Crippen molar-refractivity contribution in [3.05, 3.63) is 0 Å². The molecule has 6 nitrogen and oxygen atoms in total. The van der Waals surface area contributed by atoms with Crippen LogP contribution in [0.2, 0.25) is 0 Å². The van der Waals surface area contributed by atoms with Gasteiger partial charge in [0.15, 0.2) is 0 Å². The molecule has 1 aliphatic rings. The third kappa shape index (κ3) is 3.98. The first-order valence-electron chi connectivity index (χ1n) is 8.12. The van der Waals surface area contributed by atoms with Crippen LogP contribution in [0, 0.1) is 17.3 Å². The second kappa shape index (κ2) is 7.92. The molecule has 0 aromatic heterocycles. The topological polar surface area (TPSA) is 98.7 Å². The second-order valence-corrected chi connectivity index (χ2v) is 6.95. The highest BCUT2D eigenvalue weighted by atomic mass is 16.3. The summed E-state index contributed by atoms with van der Waals surface area (Å²) in [4.78, 5) is 25.1. The first-order chi connectivity index (χ1) is 10.3. The quantitative estimate of drug-likeness (QED) is 0.488. The number of rotatable bonds is 8. The molecule has 0 heterocycles. The molecule has 0 aromatic carbocycles. The van der Waals surface area contributed by atoms with Crippen LogP contribution in [0.3, 0.4) is 0 Å². The standard InChI is InChI=1S/C16H30N2O4/c1-10(2)12(8-19)17-14(21)16(6-5-7-16)15(22)18-13(9-20)11(3)4/h10-13,19-20H,5-9H2,1-4H3,(H,17,21)(H,18,22)/t12-,13-/m0/s1. The Kier molecular flexibility index (Phi) is 6.81. The Bertz CT molecular complexity index is 360. The summed E-state index contributed by atoms with van der Waals surface area (Å²) in [5, 5.41) is 24.3. The van der Waals surface area contributed by atoms with E-state index in [1.165, 1.54) is 0 Å². The van der Waals surface area contributed by atoms with Gasteiger partial charge in [-0.05, 0) is 24.7 Å². The minimum absolute atomic E-state index is 0.0926. The van der Waals surface area contributed by atoms with Crippen molar-refractivity contribution < 1.29 is 19.8 Å². The Balaban J connectivity index is 2.78. The lowest BCUT2D eigenvalue weighted by atomic mass is 9.67. The predicted molar refractivity (Wildman–Crippen MR) is 84.0 cm³/mol. The van der Waals surface area contributed by atoms with Crippen molar-refractivity contribution in [3.8, 4) is 0 Å². The van der Waals surface area contributed by atoms with Gasteiger partial charge in [-0.1, -0.05) is 34.1 Å². The van der Waals surface area contributed by atoms with Crippen LogP contribution in [-0.4, -0.2) is 47.3 Å². The van der Waals surface area contributed by atoms with Gasteiger partial charge in [0.25, 0.3) is 0 Å². The van der Waals surface area contributed by atoms with E-state index in [9.17, 15) is 19.8 Å². The number of nitrogens with one attached hydrogen (secondary N) is 2. The molecule has 128 valence electrons. The van der Waals surface area contributed by atoms with Crippen molar-refractivity contribution in [3.63, 3.8) is 0 Å². The summed E-state index contributed by atoms with van der Waals surface area (Å²) < 4.78 is 0. The lowest BCUT2D eigenvalue weighted by Crippen LogP contribution is -2.60. The second-order valence-electron chi connectivity index (χ2n) is 6.95. The van der Waals surface area contributed by atoms with Gasteiger partial charge in [0.05, 0.1) is 25.3 Å². The summed E-state index contributed by atoms with van der Waals surface area (Å²) in [5.74, 6) is -0.445. The number of carbonyl (C=O) groups is 2. The number of carbonyl (C=O) groups excluding carboxylic acids is 2. The molecule has 0 unspecified atom stereocenters. The van der Waals surface area contributed by atoms with Crippen molar-refractivity contribution in [2.75, 3.05) is 13.2 Å². The highest BCUT2D eigenvalue weighted by Gasteiger charge is 2.51. The average Bonchev–Trinajstić information content (AvgIpc) is 2.39. The van der Waals surface area contributed by atoms with Crippen LogP contribution < -0.4 is 10.6 Å². The number of amides is 2. The van der Waals surface area contributed by atoms with E-state index in [0.29, 0.717) is 12.8 Å². The molecule has 1 fully saturated rings. The van der Waals surface area contributed by atoms with Crippen LogP contribution in [0.25, 0.3) is 0 Å². The molecule has 2 atom stereocenters. The minimum atomic E-state index is -1.05. The van der Waals surface area contributed by atoms with Crippen LogP contribution in [0.1, 0.15) is 47.0 Å². The molecule has 22 heavy (non-hydrogen) atoms. The maximum absolute atomic E-state index is 12.6. The molecule has 1 aliphatic carbocycles. The molecule has 1 saturated carbocycles. The van der Waals surface area contributed by atoms with Crippen LogP contribution in [-0.2, 0) is 9.59 Å². The van der Waals surface area contributed by atoms with E-state index in [-0.39, 0.29) is 48.9 Å². The van der Waals surface area contributed by atoms with Crippen LogP contribution >= 0.6 is 0 Å². The first kappa shape index (κ1) is 18.9. The fraction of sp³-hybridized carbons (Fsp3) is 0.875. The van der Waals surface area contributed by atoms with Crippen molar-refractivity contribution >= 4 is 11.8 Å². The number of aliphatic hydroxyl groups is 2. The molecule has 0 saturated heterocycles. The fourth-order valence-electron chi connectivity index (χ4n) is 2.55. The molecule has 6 heteroatoms. The van der Waals surface area contributed by atoms with Crippen molar-refractivity contribution in [2.24, 2.45) is 17.3 Å². The minimum Gasteiger partial charge on any atom is -0.394 e. The van der Waals surface area contributed by atoms with Crippen molar-refractivity contribution in [2.45, 2.75) is 59.0 Å². The molecular weight excluding hydrogens is 284 g/mol. The molecule has 2 amide bonds. The molecule has 1 rings (SSSR count). The zero-order valence-corrected chi connectivity index (χ0v) is 14.1. The molecule has 0 aliphatic heterocycles. The fourth-order valence-corrected chi connectivity index (χ4v) is 2.55. The van der Waals surface area contributed by atoms with Gasteiger partial charge in [-0.3, -0.25) is 9.59 Å². The summed E-state index contributed by atoms with van der Waals surface area (Å²) in [6.07, 6.45) is 1.85. The lowest BCUT2D eigenvalue weighted by Gasteiger charge is -2.41. The highest BCUT2D eigenvalue weighted by molar-refractivity contribution is 6.06. The maximum Gasteiger partial charge on any atom is 0.236 e. The Hall–Kier alpha value is -1.14. The van der Waals surface area contributed by atoms with E-state index in [1.807, 2.05) is 27.7 Å². The SMILES string of the molecule is CC(C)[C@H](CO)NC(=O)C1(C(=O)N[C@@H](CO)C(C)C)CCC1. The molecule has 0 radical (unpaired) electrons. The Labute approximate surface area is 132 Å². The number of hydrogen-bond donors (Lipinski definition) is 4. The largest absolute Gasteiger partial charge is 0.394 e. The predicted octanol–water partition coefficient (Wildman–Crippen LogP) is 0.423. The van der Waals surface area contributed by atoms with Gasteiger partial charge < -0.3 is 20.8 Å². The highest BCUT2D eigenvalue weighted by Crippen LogP contribution is 2.41. The molecule has 0 bridgehead atoms. The first-order valence-corrected chi connectivity index (χ1v) is 8.12. The maximum atomic E-state index is 12.6. The summed E-state index contributed by atoms with van der Waals surface area (Å²) in [7, 11) is 0. The van der Waals surface area contributed by atoms with Gasteiger partial charge in [0.2, 0.25) is 11.8 Å². The van der Waals surface area contributed by atoms with Gasteiger partial charge >= 0.3 is 0 Å². The van der Waals surface area contributed by atoms with Gasteiger partial charge in [0.1, 0.15) is 5.41 Å². The summed E-state index contributed by atoms with van der Waals surface area (Å²) in [6, 6.07) is -0.701. The van der Waals surface area contributed by atoms with Crippen molar-refractivity contribution in [1.82, 2.24) is 10.6 Å². The van der Waals surface area contributed by atoms with Crippen LogP contribution in [0.4, 0.5) is 0 Å². The Morgan fingerprint density at radius 3 is 1.45 bits per heavy atom. The normalized spacial score (nSPS) is 19.5. The van der Waals surface area contributed by atoms with Gasteiger partial charge in [-0.15, -0.1) is 0 Å². The number of aliphatic hydroxyl groups excluding tert-OH is 2. The summed E-state index contributed by atoms with van der Waals surface area (Å²) in [6.45, 7) is 7.35. The van der Waals surface area contributed by atoms with Crippen molar-refractivity contribution in [1.29, 1.82) is 0 Å². The van der Waals surface area contributed by atoms with E-state index in [1.54, 1.807) is 0 Å². The van der Waals surface area contributed by atoms with Crippen LogP contribution in [0.15, 0.2) is 0 Å². The summed E-state index contributed by atoms with van der Waals surface area (Å²) >= 11 is 0. The lowest BCUT2D eigenvalue weighted by molar-refractivity contribution is -0.151. The van der Waals surface area contributed by atoms with E-state index in [2.05, 4.69) is 10.6 Å². The van der Waals surface area contributed by atoms with E-state index in [4.69, 9.17) is 0 Å². The van der Waals surface area contributed by atoms with Gasteiger partial charge in [0, 0.05) is 0 Å². The third-order valence-electron chi connectivity index (χ3n) is 4.71. The zero-order chi connectivity index (χ0) is 16.9. The van der Waals surface area contributed by atoms with E-state index >= 15 is 0 Å². The third-order valence-corrected chi connectivity index (χ3v) is 4.71. The molecular formula is C16H30N2O4. The zero-order valence-electron chi connectivity index (χ0n) is 14.1. The average molecular weight is 314 g/mol. The Morgan fingerprint density at radius 1 is 0.909 bits per heavy atom. The molecule has 0 spiro atoms. The molecule has 0 aromatic rings. The Morgan fingerprint density at radius 2 is 1.27 bits per heavy atom. The smallest absolute Gasteiger partial charge is 0.236 e. The number of hydrogen-bond acceptors (Lipinski definition) is 4. The van der Waals surface area contributed by atoms with Gasteiger partial charge in [-0.25, -0.2) is 0 Å².